The molecule has 0 radical (unpaired) electrons. The van der Waals surface area contributed by atoms with E-state index >= 15 is 0 Å². The van der Waals surface area contributed by atoms with Crippen molar-refractivity contribution in [2.45, 2.75) is 12.6 Å². The van der Waals surface area contributed by atoms with Gasteiger partial charge in [0.25, 0.3) is 5.91 Å². The molecular formula is C19H24N6O3. The van der Waals surface area contributed by atoms with Gasteiger partial charge in [0.15, 0.2) is 6.10 Å². The number of carbonyl (C=O) groups excluding carboxylic acids is 2. The monoisotopic (exact) mass is 384 g/mol. The minimum absolute atomic E-state index is 0.0361. The lowest BCUT2D eigenvalue weighted by Gasteiger charge is -2.39. The molecule has 1 aromatic heterocycles. The number of hydrogen-bond donors (Lipinski definition) is 0. The van der Waals surface area contributed by atoms with E-state index in [9.17, 15) is 9.59 Å². The highest BCUT2D eigenvalue weighted by atomic mass is 16.5. The number of morpholine rings is 1. The molecule has 1 aromatic carbocycles. The highest BCUT2D eigenvalue weighted by Gasteiger charge is 2.33. The van der Waals surface area contributed by atoms with Crippen LogP contribution in [0.3, 0.4) is 0 Å². The molecule has 0 bridgehead atoms. The summed E-state index contributed by atoms with van der Waals surface area (Å²) in [5, 5.41) is 3.96. The van der Waals surface area contributed by atoms with Crippen LogP contribution in [0.4, 0.5) is 5.69 Å². The first kappa shape index (κ1) is 18.4. The smallest absolute Gasteiger partial charge is 0.253 e. The molecule has 2 saturated heterocycles. The zero-order valence-corrected chi connectivity index (χ0v) is 15.7. The molecule has 1 atom stereocenters. The number of para-hydroxylation sites is 1. The molecular weight excluding hydrogens is 360 g/mol. The minimum Gasteiger partial charge on any atom is -0.368 e. The number of hydrogen-bond acceptors (Lipinski definition) is 6. The van der Waals surface area contributed by atoms with Crippen molar-refractivity contribution < 1.29 is 14.3 Å². The van der Waals surface area contributed by atoms with Crippen LogP contribution in [0, 0.1) is 0 Å². The van der Waals surface area contributed by atoms with E-state index in [-0.39, 0.29) is 24.9 Å². The summed E-state index contributed by atoms with van der Waals surface area (Å²) in [6.07, 6.45) is 2.30. The summed E-state index contributed by atoms with van der Waals surface area (Å²) in [5.41, 5.74) is 1.17. The van der Waals surface area contributed by atoms with Gasteiger partial charge in [-0.25, -0.2) is 9.67 Å². The zero-order valence-electron chi connectivity index (χ0n) is 15.7. The Kier molecular flexibility index (Phi) is 5.52. The summed E-state index contributed by atoms with van der Waals surface area (Å²) in [7, 11) is 0. The molecule has 148 valence electrons. The van der Waals surface area contributed by atoms with Crippen molar-refractivity contribution in [1.82, 2.24) is 24.6 Å². The van der Waals surface area contributed by atoms with E-state index in [2.05, 4.69) is 27.1 Å². The van der Waals surface area contributed by atoms with Gasteiger partial charge in [-0.1, -0.05) is 18.2 Å². The van der Waals surface area contributed by atoms with Crippen molar-refractivity contribution in [3.63, 3.8) is 0 Å². The molecule has 9 heteroatoms. The topological polar surface area (TPSA) is 83.8 Å². The van der Waals surface area contributed by atoms with E-state index in [1.807, 2.05) is 23.1 Å². The summed E-state index contributed by atoms with van der Waals surface area (Å²) in [6.45, 7) is 4.14. The average Bonchev–Trinajstić information content (AvgIpc) is 3.27. The number of aromatic nitrogens is 3. The van der Waals surface area contributed by atoms with Crippen molar-refractivity contribution in [2.24, 2.45) is 0 Å². The first-order chi connectivity index (χ1) is 13.7. The van der Waals surface area contributed by atoms with Gasteiger partial charge in [0.05, 0.1) is 13.2 Å². The Morgan fingerprint density at radius 2 is 1.82 bits per heavy atom. The standard InChI is InChI=1S/C19H24N6O3/c26-18(13-25-15-20-14-21-25)24-10-11-28-17(12-24)19(27)23-8-6-22(7-9-23)16-4-2-1-3-5-16/h1-5,14-15,17H,6-13H2/t17-/m0/s1. The first-order valence-corrected chi connectivity index (χ1v) is 9.51. The molecule has 2 aromatic rings. The maximum atomic E-state index is 12.9. The Bertz CT molecular complexity index is 789. The Hall–Kier alpha value is -2.94. The Balaban J connectivity index is 1.30. The van der Waals surface area contributed by atoms with Crippen LogP contribution >= 0.6 is 0 Å². The molecule has 9 nitrogen and oxygen atoms in total. The number of nitrogens with zero attached hydrogens (tertiary/aromatic N) is 6. The van der Waals surface area contributed by atoms with Gasteiger partial charge < -0.3 is 19.4 Å². The summed E-state index contributed by atoms with van der Waals surface area (Å²) in [6, 6.07) is 10.2. The third kappa shape index (κ3) is 4.14. The minimum atomic E-state index is -0.600. The Morgan fingerprint density at radius 3 is 2.54 bits per heavy atom. The first-order valence-electron chi connectivity index (χ1n) is 9.51. The highest BCUT2D eigenvalue weighted by molar-refractivity contribution is 5.83. The summed E-state index contributed by atoms with van der Waals surface area (Å²) < 4.78 is 7.17. The van der Waals surface area contributed by atoms with Crippen LogP contribution in [0.5, 0.6) is 0 Å². The summed E-state index contributed by atoms with van der Waals surface area (Å²) in [4.78, 5) is 35.0. The molecule has 28 heavy (non-hydrogen) atoms. The third-order valence-corrected chi connectivity index (χ3v) is 5.17. The van der Waals surface area contributed by atoms with E-state index in [1.165, 1.54) is 23.0 Å². The summed E-state index contributed by atoms with van der Waals surface area (Å²) >= 11 is 0. The fraction of sp³-hybridized carbons (Fsp3) is 0.474. The quantitative estimate of drug-likeness (QED) is 0.729. The maximum absolute atomic E-state index is 12.9. The molecule has 2 aliphatic rings. The zero-order chi connectivity index (χ0) is 19.3. The second-order valence-corrected chi connectivity index (χ2v) is 6.94. The van der Waals surface area contributed by atoms with Gasteiger partial charge >= 0.3 is 0 Å². The van der Waals surface area contributed by atoms with Crippen molar-refractivity contribution in [1.29, 1.82) is 0 Å². The van der Waals surface area contributed by atoms with Crippen LogP contribution in [0.2, 0.25) is 0 Å². The van der Waals surface area contributed by atoms with Crippen LogP contribution in [0.1, 0.15) is 0 Å². The number of anilines is 1. The second kappa shape index (κ2) is 8.39. The molecule has 3 heterocycles. The van der Waals surface area contributed by atoms with Crippen molar-refractivity contribution >= 4 is 17.5 Å². The highest BCUT2D eigenvalue weighted by Crippen LogP contribution is 2.17. The number of benzene rings is 1. The SMILES string of the molecule is O=C(Cn1cncn1)N1CCO[C@H](C(=O)N2CCN(c3ccccc3)CC2)C1. The van der Waals surface area contributed by atoms with Crippen LogP contribution in [-0.4, -0.2) is 88.4 Å². The van der Waals surface area contributed by atoms with Gasteiger partial charge in [0, 0.05) is 38.4 Å². The number of amides is 2. The van der Waals surface area contributed by atoms with E-state index < -0.39 is 6.10 Å². The molecule has 0 unspecified atom stereocenters. The van der Waals surface area contributed by atoms with Crippen LogP contribution in [0.15, 0.2) is 43.0 Å². The van der Waals surface area contributed by atoms with Gasteiger partial charge in [-0.15, -0.1) is 0 Å². The molecule has 0 N–H and O–H groups in total. The van der Waals surface area contributed by atoms with Gasteiger partial charge in [-0.05, 0) is 12.1 Å². The fourth-order valence-electron chi connectivity index (χ4n) is 3.61. The molecule has 0 saturated carbocycles. The van der Waals surface area contributed by atoms with Gasteiger partial charge in [-0.2, -0.15) is 5.10 Å². The predicted octanol–water partition coefficient (Wildman–Crippen LogP) is -0.146. The Labute approximate surface area is 163 Å². The molecule has 4 rings (SSSR count). The average molecular weight is 384 g/mol. The molecule has 2 fully saturated rings. The molecule has 0 spiro atoms. The number of ether oxygens (including phenoxy) is 1. The van der Waals surface area contributed by atoms with E-state index in [0.717, 1.165) is 13.1 Å². The lowest BCUT2D eigenvalue weighted by molar-refractivity contribution is -0.154. The van der Waals surface area contributed by atoms with Gasteiger partial charge in [0.2, 0.25) is 5.91 Å². The van der Waals surface area contributed by atoms with E-state index in [0.29, 0.717) is 26.2 Å². The second-order valence-electron chi connectivity index (χ2n) is 6.94. The maximum Gasteiger partial charge on any atom is 0.253 e. The lowest BCUT2D eigenvalue weighted by Crippen LogP contribution is -2.56. The fourth-order valence-corrected chi connectivity index (χ4v) is 3.61. The van der Waals surface area contributed by atoms with Crippen LogP contribution in [0.25, 0.3) is 0 Å². The number of carbonyl (C=O) groups is 2. The Morgan fingerprint density at radius 1 is 1.04 bits per heavy atom. The lowest BCUT2D eigenvalue weighted by atomic mass is 10.2. The van der Waals surface area contributed by atoms with Crippen molar-refractivity contribution in [3.05, 3.63) is 43.0 Å². The molecule has 2 aliphatic heterocycles. The molecule has 2 amide bonds. The van der Waals surface area contributed by atoms with Gasteiger partial charge in [0.1, 0.15) is 19.2 Å². The third-order valence-electron chi connectivity index (χ3n) is 5.17. The van der Waals surface area contributed by atoms with E-state index in [4.69, 9.17) is 4.74 Å². The van der Waals surface area contributed by atoms with E-state index in [1.54, 1.807) is 4.90 Å². The summed E-state index contributed by atoms with van der Waals surface area (Å²) in [5.74, 6) is -0.119. The number of piperazine rings is 1. The van der Waals surface area contributed by atoms with Crippen LogP contribution in [-0.2, 0) is 20.9 Å². The normalized spacial score (nSPS) is 20.3. The number of rotatable bonds is 4. The van der Waals surface area contributed by atoms with Crippen molar-refractivity contribution in [3.8, 4) is 0 Å². The largest absolute Gasteiger partial charge is 0.368 e. The van der Waals surface area contributed by atoms with Gasteiger partial charge in [-0.3, -0.25) is 9.59 Å². The molecule has 0 aliphatic carbocycles. The van der Waals surface area contributed by atoms with Crippen molar-refractivity contribution in [2.75, 3.05) is 50.8 Å². The predicted molar refractivity (Wildman–Crippen MR) is 102 cm³/mol. The van der Waals surface area contributed by atoms with Crippen LogP contribution < -0.4 is 4.90 Å².